The van der Waals surface area contributed by atoms with Gasteiger partial charge in [0, 0.05) is 38.4 Å². The van der Waals surface area contributed by atoms with E-state index in [0.29, 0.717) is 54.0 Å². The summed E-state index contributed by atoms with van der Waals surface area (Å²) in [7, 11) is -3.87. The first-order valence-corrected chi connectivity index (χ1v) is 13.7. The Kier molecular flexibility index (Phi) is 9.51. The second-order valence-electron chi connectivity index (χ2n) is 8.54. The average Bonchev–Trinajstić information content (AvgIpc) is 2.79. The first-order chi connectivity index (χ1) is 17.2. The van der Waals surface area contributed by atoms with Gasteiger partial charge in [-0.3, -0.25) is 9.52 Å². The van der Waals surface area contributed by atoms with Crippen LogP contribution in [0.2, 0.25) is 10.0 Å². The summed E-state index contributed by atoms with van der Waals surface area (Å²) in [6, 6.07) is 5.45. The van der Waals surface area contributed by atoms with Gasteiger partial charge in [-0.2, -0.15) is 13.2 Å². The molecule has 1 aromatic heterocycles. The number of piperidine rings is 1. The lowest BCUT2D eigenvalue weighted by molar-refractivity contribution is -0.137. The maximum absolute atomic E-state index is 13.5. The van der Waals surface area contributed by atoms with E-state index in [1.165, 1.54) is 0 Å². The van der Waals surface area contributed by atoms with Gasteiger partial charge in [0.1, 0.15) is 17.7 Å². The van der Waals surface area contributed by atoms with E-state index in [4.69, 9.17) is 27.9 Å². The van der Waals surface area contributed by atoms with Crippen molar-refractivity contribution in [2.24, 2.45) is 0 Å². The molecule has 3 rings (SSSR count). The Balaban J connectivity index is 1.50. The van der Waals surface area contributed by atoms with Crippen LogP contribution in [0, 0.1) is 0 Å². The first-order valence-electron chi connectivity index (χ1n) is 11.1. The van der Waals surface area contributed by atoms with E-state index in [0.717, 1.165) is 6.26 Å². The highest BCUT2D eigenvalue weighted by atomic mass is 35.5. The topological polar surface area (TPSA) is 121 Å². The van der Waals surface area contributed by atoms with Crippen molar-refractivity contribution >= 4 is 45.0 Å². The molecule has 0 spiro atoms. The number of ether oxygens (including phenoxy) is 1. The van der Waals surface area contributed by atoms with Crippen LogP contribution in [0.4, 0.5) is 19.0 Å². The number of aliphatic hydroxyl groups excluding tert-OH is 1. The Morgan fingerprint density at radius 3 is 2.51 bits per heavy atom. The number of nitrogens with zero attached hydrogens (tertiary/aromatic N) is 2. The van der Waals surface area contributed by atoms with E-state index < -0.39 is 45.2 Å². The lowest BCUT2D eigenvalue weighted by Gasteiger charge is -2.33. The maximum atomic E-state index is 13.5. The molecule has 2 heterocycles. The van der Waals surface area contributed by atoms with E-state index in [1.807, 2.05) is 9.62 Å². The summed E-state index contributed by atoms with van der Waals surface area (Å²) < 4.78 is 70.7. The minimum Gasteiger partial charge on any atom is -0.490 e. The third-order valence-corrected chi connectivity index (χ3v) is 6.76. The third kappa shape index (κ3) is 8.88. The number of likely N-dealkylation sites (tertiary alicyclic amines) is 1. The van der Waals surface area contributed by atoms with E-state index in [2.05, 4.69) is 10.3 Å². The monoisotopic (exact) mass is 584 g/mol. The second-order valence-corrected chi connectivity index (χ2v) is 11.1. The van der Waals surface area contributed by atoms with Crippen molar-refractivity contribution in [2.75, 3.05) is 37.2 Å². The lowest BCUT2D eigenvalue weighted by Crippen LogP contribution is -2.45. The Bertz CT molecular complexity index is 1230. The number of hydrogen-bond acceptors (Lipinski definition) is 7. The number of anilines is 1. The quantitative estimate of drug-likeness (QED) is 0.413. The molecule has 1 atom stereocenters. The van der Waals surface area contributed by atoms with Crippen LogP contribution in [-0.4, -0.2) is 74.0 Å². The number of carbonyl (C=O) groups excluding carboxylic acids is 1. The number of alkyl halides is 3. The van der Waals surface area contributed by atoms with Crippen LogP contribution in [-0.2, 0) is 16.2 Å². The number of halogens is 5. The van der Waals surface area contributed by atoms with Crippen molar-refractivity contribution in [1.82, 2.24) is 15.2 Å². The molecule has 2 aromatic rings. The fraction of sp³-hybridized carbons (Fsp3) is 0.455. The lowest BCUT2D eigenvalue weighted by atomic mass is 10.1. The van der Waals surface area contributed by atoms with Gasteiger partial charge in [-0.05, 0) is 31.0 Å². The standard InChI is InChI=1S/C22H25Cl2F3N4O5S/c1-37(34,35)30-20-9-17(22(25,26)27)16(11-28-20)21(33)29-10-13(32)12-31-6-4-14(5-7-31)36-15-2-3-18(23)19(24)8-15/h2-3,8-9,11,13-14,32H,4-7,10,12H2,1H3,(H,28,30)(H,29,33)/t13-/m1/s1. The number of nitrogens with one attached hydrogen (secondary N) is 2. The molecule has 15 heteroatoms. The molecule has 204 valence electrons. The van der Waals surface area contributed by atoms with Gasteiger partial charge in [-0.25, -0.2) is 13.4 Å². The molecule has 1 amide bonds. The number of benzene rings is 1. The van der Waals surface area contributed by atoms with Crippen LogP contribution in [0.15, 0.2) is 30.5 Å². The molecule has 0 radical (unpaired) electrons. The van der Waals surface area contributed by atoms with Crippen LogP contribution >= 0.6 is 23.2 Å². The zero-order valence-electron chi connectivity index (χ0n) is 19.6. The highest BCUT2D eigenvalue weighted by Crippen LogP contribution is 2.33. The summed E-state index contributed by atoms with van der Waals surface area (Å²) in [6.07, 6.45) is -3.29. The normalized spacial score (nSPS) is 16.3. The highest BCUT2D eigenvalue weighted by Gasteiger charge is 2.36. The number of sulfonamides is 1. The van der Waals surface area contributed by atoms with Crippen molar-refractivity contribution in [3.05, 3.63) is 51.6 Å². The largest absolute Gasteiger partial charge is 0.490 e. The van der Waals surface area contributed by atoms with Gasteiger partial charge in [0.05, 0.1) is 33.5 Å². The fourth-order valence-electron chi connectivity index (χ4n) is 3.74. The van der Waals surface area contributed by atoms with Gasteiger partial charge in [-0.1, -0.05) is 23.2 Å². The zero-order chi connectivity index (χ0) is 27.4. The number of carbonyl (C=O) groups is 1. The number of pyridine rings is 1. The molecular weight excluding hydrogens is 560 g/mol. The number of β-amino-alcohol motifs (C(OH)–C–C–N with tert-alkyl or cyclic N) is 1. The number of rotatable bonds is 9. The first kappa shape index (κ1) is 29.2. The molecule has 0 aliphatic carbocycles. The summed E-state index contributed by atoms with van der Waals surface area (Å²) >= 11 is 11.9. The molecule has 3 N–H and O–H groups in total. The summed E-state index contributed by atoms with van der Waals surface area (Å²) in [4.78, 5) is 18.0. The smallest absolute Gasteiger partial charge is 0.417 e. The molecular formula is C22H25Cl2F3N4O5S. The fourth-order valence-corrected chi connectivity index (χ4v) is 4.52. The number of aliphatic hydroxyl groups is 1. The highest BCUT2D eigenvalue weighted by molar-refractivity contribution is 7.92. The van der Waals surface area contributed by atoms with E-state index in [9.17, 15) is 31.5 Å². The van der Waals surface area contributed by atoms with Gasteiger partial charge >= 0.3 is 6.18 Å². The van der Waals surface area contributed by atoms with Crippen molar-refractivity contribution < 1.29 is 36.2 Å². The molecule has 1 fully saturated rings. The molecule has 1 aliphatic heterocycles. The second kappa shape index (κ2) is 12.0. The van der Waals surface area contributed by atoms with Crippen LogP contribution in [0.5, 0.6) is 5.75 Å². The zero-order valence-corrected chi connectivity index (χ0v) is 21.9. The molecule has 9 nitrogen and oxygen atoms in total. The van der Waals surface area contributed by atoms with E-state index >= 15 is 0 Å². The minimum atomic E-state index is -4.94. The van der Waals surface area contributed by atoms with E-state index in [1.54, 1.807) is 18.2 Å². The molecule has 0 saturated carbocycles. The predicted molar refractivity (Wildman–Crippen MR) is 133 cm³/mol. The van der Waals surface area contributed by atoms with Gasteiger partial charge in [0.2, 0.25) is 10.0 Å². The summed E-state index contributed by atoms with van der Waals surface area (Å²) in [5, 5.41) is 13.4. The summed E-state index contributed by atoms with van der Waals surface area (Å²) in [5.41, 5.74) is -2.15. The Labute approximate surface area is 222 Å². The van der Waals surface area contributed by atoms with Crippen molar-refractivity contribution in [1.29, 1.82) is 0 Å². The summed E-state index contributed by atoms with van der Waals surface area (Å²) in [5.74, 6) is -1.07. The van der Waals surface area contributed by atoms with Crippen LogP contribution in [0.25, 0.3) is 0 Å². The van der Waals surface area contributed by atoms with Gasteiger partial charge in [0.15, 0.2) is 0 Å². The Morgan fingerprint density at radius 2 is 1.92 bits per heavy atom. The van der Waals surface area contributed by atoms with Crippen LogP contribution < -0.4 is 14.8 Å². The van der Waals surface area contributed by atoms with Crippen molar-refractivity contribution in [3.8, 4) is 5.75 Å². The van der Waals surface area contributed by atoms with Crippen molar-refractivity contribution in [3.63, 3.8) is 0 Å². The van der Waals surface area contributed by atoms with Gasteiger partial charge in [-0.15, -0.1) is 0 Å². The van der Waals surface area contributed by atoms with E-state index in [-0.39, 0.29) is 19.2 Å². The maximum Gasteiger partial charge on any atom is 0.417 e. The number of aromatic nitrogens is 1. The molecule has 1 aromatic carbocycles. The van der Waals surface area contributed by atoms with Gasteiger partial charge in [0.25, 0.3) is 5.91 Å². The van der Waals surface area contributed by atoms with Crippen LogP contribution in [0.1, 0.15) is 28.8 Å². The van der Waals surface area contributed by atoms with Gasteiger partial charge < -0.3 is 20.1 Å². The average molecular weight is 585 g/mol. The Morgan fingerprint density at radius 1 is 1.24 bits per heavy atom. The molecule has 1 aliphatic rings. The molecule has 1 saturated heterocycles. The predicted octanol–water partition coefficient (Wildman–Crippen LogP) is 3.41. The third-order valence-electron chi connectivity index (χ3n) is 5.44. The Hall–Kier alpha value is -2.32. The van der Waals surface area contributed by atoms with Crippen LogP contribution in [0.3, 0.4) is 0 Å². The van der Waals surface area contributed by atoms with Crippen molar-refractivity contribution in [2.45, 2.75) is 31.2 Å². The minimum absolute atomic E-state index is 0.0567. The SMILES string of the molecule is CS(=O)(=O)Nc1cc(C(F)(F)F)c(C(=O)NC[C@@H](O)CN2CCC(Oc3ccc(Cl)c(Cl)c3)CC2)cn1. The number of amides is 1. The summed E-state index contributed by atoms with van der Waals surface area (Å²) in [6.45, 7) is 1.11. The molecule has 0 unspecified atom stereocenters. The molecule has 0 bridgehead atoms. The molecule has 37 heavy (non-hydrogen) atoms. The number of hydrogen-bond donors (Lipinski definition) is 3.